The number of piperazine rings is 1. The Morgan fingerprint density at radius 1 is 1.02 bits per heavy atom. The Bertz CT molecular complexity index is 1570. The van der Waals surface area contributed by atoms with Gasteiger partial charge < -0.3 is 15.1 Å². The molecule has 10 heteroatoms. The first-order valence-corrected chi connectivity index (χ1v) is 16.0. The topological polar surface area (TPSA) is 83.4 Å². The van der Waals surface area contributed by atoms with Crippen molar-refractivity contribution < 1.29 is 9.59 Å². The molecule has 0 saturated carbocycles. The summed E-state index contributed by atoms with van der Waals surface area (Å²) in [5, 5.41) is 10.4. The van der Waals surface area contributed by atoms with Crippen LogP contribution in [0.1, 0.15) is 73.6 Å². The van der Waals surface area contributed by atoms with E-state index in [0.717, 1.165) is 38.2 Å². The smallest absolute Gasteiger partial charge is 0.322 e. The molecule has 3 heterocycles. The van der Waals surface area contributed by atoms with E-state index < -0.39 is 0 Å². The lowest BCUT2D eigenvalue weighted by atomic mass is 9.92. The van der Waals surface area contributed by atoms with E-state index in [1.54, 1.807) is 10.9 Å². The van der Waals surface area contributed by atoms with E-state index >= 15 is 0 Å². The minimum Gasteiger partial charge on any atom is -0.335 e. The molecule has 0 spiro atoms. The van der Waals surface area contributed by atoms with E-state index in [-0.39, 0.29) is 29.8 Å². The molecule has 42 heavy (non-hydrogen) atoms. The van der Waals surface area contributed by atoms with Crippen LogP contribution in [-0.2, 0) is 0 Å². The zero-order chi connectivity index (χ0) is 30.1. The highest BCUT2D eigenvalue weighted by molar-refractivity contribution is 9.10. The Morgan fingerprint density at radius 2 is 1.69 bits per heavy atom. The van der Waals surface area contributed by atoms with Gasteiger partial charge in [0, 0.05) is 46.8 Å². The van der Waals surface area contributed by atoms with Crippen LogP contribution in [0, 0.1) is 6.92 Å². The number of para-hydroxylation sites is 1. The maximum absolute atomic E-state index is 13.6. The third-order valence-electron chi connectivity index (χ3n) is 7.83. The van der Waals surface area contributed by atoms with Gasteiger partial charge in [-0.3, -0.25) is 4.79 Å². The van der Waals surface area contributed by atoms with Gasteiger partial charge in [-0.2, -0.15) is 5.10 Å². The van der Waals surface area contributed by atoms with Gasteiger partial charge in [-0.1, -0.05) is 74.0 Å². The van der Waals surface area contributed by atoms with E-state index in [4.69, 9.17) is 4.98 Å². The van der Waals surface area contributed by atoms with Gasteiger partial charge in [0.1, 0.15) is 0 Å². The average Bonchev–Trinajstić information content (AvgIpc) is 3.59. The van der Waals surface area contributed by atoms with Gasteiger partial charge in [0.2, 0.25) is 5.13 Å². The monoisotopic (exact) mass is 648 g/mol. The predicted octanol–water partition coefficient (Wildman–Crippen LogP) is 7.69. The fourth-order valence-corrected chi connectivity index (χ4v) is 6.52. The van der Waals surface area contributed by atoms with Crippen molar-refractivity contribution in [1.82, 2.24) is 24.6 Å². The normalized spacial score (nSPS) is 15.5. The third kappa shape index (κ3) is 6.01. The Balaban J connectivity index is 1.27. The zero-order valence-electron chi connectivity index (χ0n) is 24.9. The van der Waals surface area contributed by atoms with Crippen molar-refractivity contribution in [2.24, 2.45) is 0 Å². The number of aromatic nitrogens is 3. The molecule has 1 N–H and O–H groups in total. The molecule has 1 saturated heterocycles. The molecule has 4 aromatic rings. The fourth-order valence-electron chi connectivity index (χ4n) is 5.42. The number of halogens is 1. The highest BCUT2D eigenvalue weighted by Gasteiger charge is 2.32. The number of urea groups is 1. The number of carbonyl (C=O) groups is 2. The number of hydrogen-bond donors (Lipinski definition) is 1. The largest absolute Gasteiger partial charge is 0.335 e. The Kier molecular flexibility index (Phi) is 8.84. The molecule has 1 fully saturated rings. The summed E-state index contributed by atoms with van der Waals surface area (Å²) in [6.07, 6.45) is 1.62. The van der Waals surface area contributed by atoms with Crippen LogP contribution in [0.4, 0.5) is 10.5 Å². The number of nitrogens with zero attached hydrogens (tertiary/aromatic N) is 5. The second-order valence-electron chi connectivity index (χ2n) is 11.4. The second kappa shape index (κ2) is 12.4. The van der Waals surface area contributed by atoms with E-state index in [0.29, 0.717) is 30.3 Å². The van der Waals surface area contributed by atoms with Crippen LogP contribution < -0.4 is 5.32 Å². The number of thiazole rings is 1. The molecule has 0 bridgehead atoms. The number of benzene rings is 2. The van der Waals surface area contributed by atoms with Gasteiger partial charge in [-0.05, 0) is 48.9 Å². The standard InChI is InChI=1S/C32H37BrN6O2S/c1-19(2)25-8-7-9-26(20(3)4)29(25)36-31(41)38-15-14-37(17-21(38)5)30(40)27-16-34-39(22(27)6)32-35-28(18-42-32)23-10-12-24(33)13-11-23/h7-13,16,18-21H,14-15,17H2,1-6H3,(H,36,41). The molecule has 3 amide bonds. The quantitative estimate of drug-likeness (QED) is 0.232. The van der Waals surface area contributed by atoms with E-state index in [1.807, 2.05) is 53.3 Å². The van der Waals surface area contributed by atoms with Gasteiger partial charge in [-0.15, -0.1) is 11.3 Å². The van der Waals surface area contributed by atoms with Crippen LogP contribution in [0.15, 0.2) is 58.5 Å². The molecular weight excluding hydrogens is 612 g/mol. The van der Waals surface area contributed by atoms with Crippen molar-refractivity contribution in [3.63, 3.8) is 0 Å². The summed E-state index contributed by atoms with van der Waals surface area (Å²) in [7, 11) is 0. The summed E-state index contributed by atoms with van der Waals surface area (Å²) >= 11 is 4.96. The molecule has 1 atom stereocenters. The molecule has 1 aliphatic heterocycles. The first-order chi connectivity index (χ1) is 20.0. The van der Waals surface area contributed by atoms with Crippen LogP contribution in [0.5, 0.6) is 0 Å². The van der Waals surface area contributed by atoms with Crippen molar-refractivity contribution in [3.8, 4) is 16.4 Å². The van der Waals surface area contributed by atoms with Crippen LogP contribution in [0.25, 0.3) is 16.4 Å². The first-order valence-electron chi connectivity index (χ1n) is 14.3. The maximum Gasteiger partial charge on any atom is 0.322 e. The van der Waals surface area contributed by atoms with Crippen molar-refractivity contribution in [3.05, 3.63) is 80.9 Å². The van der Waals surface area contributed by atoms with Crippen LogP contribution in [-0.4, -0.2) is 62.2 Å². The summed E-state index contributed by atoms with van der Waals surface area (Å²) < 4.78 is 2.74. The molecule has 8 nitrogen and oxygen atoms in total. The predicted molar refractivity (Wildman–Crippen MR) is 173 cm³/mol. The summed E-state index contributed by atoms with van der Waals surface area (Å²) in [5.74, 6) is 0.487. The molecule has 2 aromatic heterocycles. The van der Waals surface area contributed by atoms with Crippen molar-refractivity contribution in [1.29, 1.82) is 0 Å². The Hall–Kier alpha value is -3.50. The molecule has 1 aliphatic rings. The molecule has 2 aromatic carbocycles. The number of hydrogen-bond acceptors (Lipinski definition) is 5. The van der Waals surface area contributed by atoms with Crippen LogP contribution in [0.2, 0.25) is 0 Å². The summed E-state index contributed by atoms with van der Waals surface area (Å²) in [4.78, 5) is 35.5. The van der Waals surface area contributed by atoms with E-state index in [1.165, 1.54) is 11.3 Å². The molecular formula is C32H37BrN6O2S. The first kappa shape index (κ1) is 30.0. The van der Waals surface area contributed by atoms with Crippen LogP contribution >= 0.6 is 27.3 Å². The lowest BCUT2D eigenvalue weighted by Crippen LogP contribution is -2.56. The van der Waals surface area contributed by atoms with Gasteiger partial charge in [-0.25, -0.2) is 14.5 Å². The van der Waals surface area contributed by atoms with Gasteiger partial charge in [0.25, 0.3) is 5.91 Å². The lowest BCUT2D eigenvalue weighted by molar-refractivity contribution is 0.0591. The minimum absolute atomic E-state index is 0.0809. The van der Waals surface area contributed by atoms with Gasteiger partial charge in [0.15, 0.2) is 0 Å². The number of carbonyl (C=O) groups excluding carboxylic acids is 2. The molecule has 5 rings (SSSR count). The molecule has 0 radical (unpaired) electrons. The van der Waals surface area contributed by atoms with Gasteiger partial charge in [0.05, 0.1) is 23.1 Å². The van der Waals surface area contributed by atoms with E-state index in [2.05, 4.69) is 72.2 Å². The summed E-state index contributed by atoms with van der Waals surface area (Å²) in [6.45, 7) is 13.8. The van der Waals surface area contributed by atoms with Crippen molar-refractivity contribution in [2.75, 3.05) is 25.0 Å². The molecule has 220 valence electrons. The minimum atomic E-state index is -0.140. The molecule has 1 unspecified atom stereocenters. The van der Waals surface area contributed by atoms with Crippen molar-refractivity contribution >= 4 is 44.9 Å². The Morgan fingerprint density at radius 3 is 2.31 bits per heavy atom. The highest BCUT2D eigenvalue weighted by atomic mass is 79.9. The number of amides is 3. The summed E-state index contributed by atoms with van der Waals surface area (Å²) in [6, 6.07) is 14.0. The van der Waals surface area contributed by atoms with Crippen molar-refractivity contribution in [2.45, 2.75) is 59.4 Å². The van der Waals surface area contributed by atoms with Gasteiger partial charge >= 0.3 is 6.03 Å². The highest BCUT2D eigenvalue weighted by Crippen LogP contribution is 2.33. The number of nitrogens with one attached hydrogen (secondary N) is 1. The molecule has 0 aliphatic carbocycles. The maximum atomic E-state index is 13.6. The third-order valence-corrected chi connectivity index (χ3v) is 9.18. The summed E-state index contributed by atoms with van der Waals surface area (Å²) in [5.41, 5.74) is 6.35. The lowest BCUT2D eigenvalue weighted by Gasteiger charge is -2.40. The zero-order valence-corrected chi connectivity index (χ0v) is 27.3. The fraction of sp³-hybridized carbons (Fsp3) is 0.375. The Labute approximate surface area is 259 Å². The average molecular weight is 650 g/mol. The number of anilines is 1. The second-order valence-corrected chi connectivity index (χ2v) is 13.2. The number of rotatable bonds is 6. The van der Waals surface area contributed by atoms with E-state index in [9.17, 15) is 9.59 Å². The van der Waals surface area contributed by atoms with Crippen LogP contribution in [0.3, 0.4) is 0 Å². The SMILES string of the molecule is Cc1c(C(=O)N2CCN(C(=O)Nc3c(C(C)C)cccc3C(C)C)C(C)C2)cnn1-c1nc(-c2ccc(Br)cc2)cs1.